The first-order valence-electron chi connectivity index (χ1n) is 7.14. The molecule has 2 atom stereocenters. The van der Waals surface area contributed by atoms with Crippen LogP contribution in [-0.2, 0) is 11.2 Å². The second-order valence-corrected chi connectivity index (χ2v) is 7.19. The Morgan fingerprint density at radius 1 is 1.55 bits per heavy atom. The van der Waals surface area contributed by atoms with E-state index in [0.29, 0.717) is 17.4 Å². The van der Waals surface area contributed by atoms with Gasteiger partial charge < -0.3 is 5.11 Å². The van der Waals surface area contributed by atoms with Crippen LogP contribution in [0.3, 0.4) is 0 Å². The Balaban J connectivity index is 2.27. The zero-order valence-electron chi connectivity index (χ0n) is 11.7. The highest BCUT2D eigenvalue weighted by Crippen LogP contribution is 2.44. The van der Waals surface area contributed by atoms with Crippen LogP contribution in [0.2, 0.25) is 5.02 Å². The molecule has 20 heavy (non-hydrogen) atoms. The lowest BCUT2D eigenvalue weighted by atomic mass is 9.66. The van der Waals surface area contributed by atoms with Crippen LogP contribution in [0.1, 0.15) is 44.6 Å². The normalized spacial score (nSPS) is 26.4. The Morgan fingerprint density at radius 2 is 2.30 bits per heavy atom. The van der Waals surface area contributed by atoms with Gasteiger partial charge in [-0.3, -0.25) is 4.79 Å². The van der Waals surface area contributed by atoms with Gasteiger partial charge in [0.2, 0.25) is 0 Å². The third-order valence-electron chi connectivity index (χ3n) is 4.52. The topological polar surface area (TPSA) is 37.3 Å². The molecular formula is C16H20BrClO2. The number of hydrogen-bond donors (Lipinski definition) is 1. The molecule has 2 unspecified atom stereocenters. The molecule has 1 saturated carbocycles. The molecule has 0 aliphatic heterocycles. The summed E-state index contributed by atoms with van der Waals surface area (Å²) >= 11 is 9.65. The summed E-state index contributed by atoms with van der Waals surface area (Å²) in [6, 6.07) is 5.70. The summed E-state index contributed by atoms with van der Waals surface area (Å²) in [5.41, 5.74) is 0.296. The highest BCUT2D eigenvalue weighted by atomic mass is 79.9. The van der Waals surface area contributed by atoms with Gasteiger partial charge >= 0.3 is 5.97 Å². The van der Waals surface area contributed by atoms with Crippen molar-refractivity contribution in [2.24, 2.45) is 11.3 Å². The molecule has 1 aromatic rings. The molecular weight excluding hydrogens is 340 g/mol. The van der Waals surface area contributed by atoms with Crippen molar-refractivity contribution in [3.63, 3.8) is 0 Å². The van der Waals surface area contributed by atoms with E-state index < -0.39 is 11.4 Å². The molecule has 1 aliphatic carbocycles. The molecule has 2 rings (SSSR count). The molecule has 1 fully saturated rings. The summed E-state index contributed by atoms with van der Waals surface area (Å²) in [4.78, 5) is 11.9. The molecule has 0 radical (unpaired) electrons. The fourth-order valence-electron chi connectivity index (χ4n) is 3.29. The van der Waals surface area contributed by atoms with Crippen LogP contribution in [0.25, 0.3) is 0 Å². The molecule has 110 valence electrons. The summed E-state index contributed by atoms with van der Waals surface area (Å²) in [5.74, 6) is -0.149. The maximum Gasteiger partial charge on any atom is 0.309 e. The molecule has 0 bridgehead atoms. The Kier molecular flexibility index (Phi) is 5.14. The lowest BCUT2D eigenvalue weighted by molar-refractivity contribution is -0.152. The smallest absolute Gasteiger partial charge is 0.309 e. The summed E-state index contributed by atoms with van der Waals surface area (Å²) in [5, 5.41) is 10.4. The zero-order valence-corrected chi connectivity index (χ0v) is 14.0. The van der Waals surface area contributed by atoms with Crippen molar-refractivity contribution in [1.82, 2.24) is 0 Å². The van der Waals surface area contributed by atoms with Crippen molar-refractivity contribution >= 4 is 33.5 Å². The zero-order chi connectivity index (χ0) is 14.8. The van der Waals surface area contributed by atoms with E-state index in [2.05, 4.69) is 22.9 Å². The number of halogens is 2. The Bertz CT molecular complexity index is 503. The molecule has 0 spiro atoms. The van der Waals surface area contributed by atoms with Gasteiger partial charge in [0.1, 0.15) is 0 Å². The predicted molar refractivity (Wildman–Crippen MR) is 85.2 cm³/mol. The average molecular weight is 360 g/mol. The summed E-state index contributed by atoms with van der Waals surface area (Å²) < 4.78 is 0.922. The predicted octanol–water partition coefficient (Wildman–Crippen LogP) is 5.32. The van der Waals surface area contributed by atoms with Crippen LogP contribution in [0.15, 0.2) is 22.7 Å². The van der Waals surface area contributed by atoms with E-state index >= 15 is 0 Å². The first-order chi connectivity index (χ1) is 9.47. The third kappa shape index (κ3) is 3.37. The SMILES string of the molecule is CCC1CCCC(Cc2ccc(Br)cc2Cl)(C(=O)O)C1. The number of rotatable bonds is 4. The second-order valence-electron chi connectivity index (χ2n) is 5.87. The highest BCUT2D eigenvalue weighted by Gasteiger charge is 2.42. The van der Waals surface area contributed by atoms with Gasteiger partial charge in [0.05, 0.1) is 5.41 Å². The van der Waals surface area contributed by atoms with Crippen molar-refractivity contribution in [1.29, 1.82) is 0 Å². The monoisotopic (exact) mass is 358 g/mol. The number of carboxylic acid groups (broad SMARTS) is 1. The van der Waals surface area contributed by atoms with E-state index in [-0.39, 0.29) is 0 Å². The van der Waals surface area contributed by atoms with Crippen LogP contribution in [0, 0.1) is 11.3 Å². The Morgan fingerprint density at radius 3 is 2.90 bits per heavy atom. The Labute approximate surface area is 133 Å². The van der Waals surface area contributed by atoms with Crippen molar-refractivity contribution in [3.05, 3.63) is 33.3 Å². The number of carbonyl (C=O) groups is 1. The number of hydrogen-bond acceptors (Lipinski definition) is 1. The van der Waals surface area contributed by atoms with Crippen LogP contribution in [-0.4, -0.2) is 11.1 Å². The van der Waals surface area contributed by atoms with Gasteiger partial charge in [-0.15, -0.1) is 0 Å². The van der Waals surface area contributed by atoms with Gasteiger partial charge in [-0.1, -0.05) is 59.8 Å². The van der Waals surface area contributed by atoms with E-state index in [4.69, 9.17) is 11.6 Å². The summed E-state index contributed by atoms with van der Waals surface area (Å²) in [6.45, 7) is 2.15. The van der Waals surface area contributed by atoms with Crippen LogP contribution >= 0.6 is 27.5 Å². The fourth-order valence-corrected chi connectivity index (χ4v) is 4.03. The average Bonchev–Trinajstić information content (AvgIpc) is 2.42. The van der Waals surface area contributed by atoms with Gasteiger partial charge in [0, 0.05) is 9.50 Å². The summed E-state index contributed by atoms with van der Waals surface area (Å²) in [7, 11) is 0. The second kappa shape index (κ2) is 6.48. The first-order valence-corrected chi connectivity index (χ1v) is 8.31. The minimum absolute atomic E-state index is 0.522. The van der Waals surface area contributed by atoms with Gasteiger partial charge in [-0.05, 0) is 42.9 Å². The van der Waals surface area contributed by atoms with E-state index in [1.807, 2.05) is 18.2 Å². The molecule has 1 aromatic carbocycles. The van der Waals surface area contributed by atoms with E-state index in [9.17, 15) is 9.90 Å². The molecule has 0 saturated heterocycles. The maximum atomic E-state index is 11.9. The van der Waals surface area contributed by atoms with Crippen molar-refractivity contribution in [3.8, 4) is 0 Å². The minimum atomic E-state index is -0.672. The molecule has 0 heterocycles. The first kappa shape index (κ1) is 15.8. The summed E-state index contributed by atoms with van der Waals surface area (Å²) in [6.07, 6.45) is 5.27. The van der Waals surface area contributed by atoms with Gasteiger partial charge in [-0.2, -0.15) is 0 Å². The van der Waals surface area contributed by atoms with Crippen LogP contribution in [0.5, 0.6) is 0 Å². The van der Waals surface area contributed by atoms with Crippen molar-refractivity contribution in [2.45, 2.75) is 45.4 Å². The maximum absolute atomic E-state index is 11.9. The Hall–Kier alpha value is -0.540. The van der Waals surface area contributed by atoms with E-state index in [1.54, 1.807) is 0 Å². The third-order valence-corrected chi connectivity index (χ3v) is 5.37. The van der Waals surface area contributed by atoms with Crippen LogP contribution < -0.4 is 0 Å². The lowest BCUT2D eigenvalue weighted by Gasteiger charge is -2.37. The minimum Gasteiger partial charge on any atom is -0.481 e. The van der Waals surface area contributed by atoms with Crippen molar-refractivity contribution in [2.75, 3.05) is 0 Å². The van der Waals surface area contributed by atoms with Gasteiger partial charge in [0.25, 0.3) is 0 Å². The lowest BCUT2D eigenvalue weighted by Crippen LogP contribution is -2.38. The molecule has 4 heteroatoms. The number of aliphatic carboxylic acids is 1. The molecule has 0 aromatic heterocycles. The molecule has 2 nitrogen and oxygen atoms in total. The number of carboxylic acids is 1. The largest absolute Gasteiger partial charge is 0.481 e. The van der Waals surface area contributed by atoms with E-state index in [1.165, 1.54) is 0 Å². The van der Waals surface area contributed by atoms with Gasteiger partial charge in [0.15, 0.2) is 0 Å². The van der Waals surface area contributed by atoms with Crippen LogP contribution in [0.4, 0.5) is 0 Å². The quantitative estimate of drug-likeness (QED) is 0.790. The molecule has 1 aliphatic rings. The molecule has 1 N–H and O–H groups in total. The molecule has 0 amide bonds. The standard InChI is InChI=1S/C16H20BrClO2/c1-2-11-4-3-7-16(9-11,15(19)20)10-12-5-6-13(17)8-14(12)18/h5-6,8,11H,2-4,7,9-10H2,1H3,(H,19,20). The van der Waals surface area contributed by atoms with E-state index in [0.717, 1.165) is 42.1 Å². The number of benzene rings is 1. The fraction of sp³-hybridized carbons (Fsp3) is 0.562. The van der Waals surface area contributed by atoms with Crippen molar-refractivity contribution < 1.29 is 9.90 Å². The van der Waals surface area contributed by atoms with Gasteiger partial charge in [-0.25, -0.2) is 0 Å². The highest BCUT2D eigenvalue weighted by molar-refractivity contribution is 9.10.